The van der Waals surface area contributed by atoms with Crippen molar-refractivity contribution in [3.05, 3.63) is 52.6 Å². The van der Waals surface area contributed by atoms with Crippen LogP contribution in [0.3, 0.4) is 0 Å². The van der Waals surface area contributed by atoms with E-state index in [2.05, 4.69) is 5.10 Å². The number of hydrogen-bond donors (Lipinski definition) is 0. The molecule has 1 aromatic carbocycles. The molecule has 0 aliphatic carbocycles. The summed E-state index contributed by atoms with van der Waals surface area (Å²) in [6.07, 6.45) is 1.77. The van der Waals surface area contributed by atoms with Gasteiger partial charge in [-0.1, -0.05) is 23.9 Å². The molecule has 24 heavy (non-hydrogen) atoms. The average Bonchev–Trinajstić information content (AvgIpc) is 2.98. The number of para-hydroxylation sites is 1. The Morgan fingerprint density at radius 2 is 2.08 bits per heavy atom. The molecule has 2 heterocycles. The van der Waals surface area contributed by atoms with E-state index >= 15 is 0 Å². The van der Waals surface area contributed by atoms with Crippen LogP contribution in [0.1, 0.15) is 18.7 Å². The van der Waals surface area contributed by atoms with Crippen LogP contribution in [0.2, 0.25) is 0 Å². The summed E-state index contributed by atoms with van der Waals surface area (Å²) in [5, 5.41) is 5.51. The molecule has 0 N–H and O–H groups in total. The Morgan fingerprint density at radius 1 is 1.29 bits per heavy atom. The van der Waals surface area contributed by atoms with Crippen LogP contribution >= 0.6 is 11.8 Å². The molecule has 2 aromatic heterocycles. The summed E-state index contributed by atoms with van der Waals surface area (Å²) in [5.74, 6) is 0.695. The number of fused-ring (bicyclic) bond motifs is 1. The molecule has 0 amide bonds. The first-order chi connectivity index (χ1) is 11.6. The van der Waals surface area contributed by atoms with Crippen LogP contribution in [0.25, 0.3) is 10.9 Å². The highest BCUT2D eigenvalue weighted by Crippen LogP contribution is 2.24. The second-order valence-corrected chi connectivity index (χ2v) is 6.57. The third-order valence-electron chi connectivity index (χ3n) is 3.90. The number of nitrogens with zero attached hydrogens (tertiary/aromatic N) is 4. The van der Waals surface area contributed by atoms with E-state index in [1.807, 2.05) is 49.0 Å². The maximum absolute atomic E-state index is 12.9. The first kappa shape index (κ1) is 16.7. The molecule has 0 fully saturated rings. The Morgan fingerprint density at radius 3 is 2.79 bits per heavy atom. The van der Waals surface area contributed by atoms with Crippen molar-refractivity contribution in [1.29, 1.82) is 0 Å². The van der Waals surface area contributed by atoms with Crippen molar-refractivity contribution in [3.63, 3.8) is 0 Å². The Hall–Kier alpha value is -2.12. The third-order valence-corrected chi connectivity index (χ3v) is 4.88. The van der Waals surface area contributed by atoms with E-state index < -0.39 is 0 Å². The minimum Gasteiger partial charge on any atom is -0.383 e. The monoisotopic (exact) mass is 344 g/mol. The second-order valence-electron chi connectivity index (χ2n) is 5.63. The number of rotatable bonds is 6. The zero-order valence-corrected chi connectivity index (χ0v) is 14.8. The van der Waals surface area contributed by atoms with Crippen LogP contribution in [-0.4, -0.2) is 33.0 Å². The van der Waals surface area contributed by atoms with Crippen LogP contribution in [-0.2, 0) is 17.5 Å². The molecule has 3 rings (SSSR count). The van der Waals surface area contributed by atoms with Gasteiger partial charge in [0.05, 0.1) is 23.6 Å². The lowest BCUT2D eigenvalue weighted by Crippen LogP contribution is -2.28. The zero-order valence-electron chi connectivity index (χ0n) is 14.0. The summed E-state index contributed by atoms with van der Waals surface area (Å²) in [6, 6.07) is 9.32. The molecule has 7 heteroatoms. The third kappa shape index (κ3) is 3.22. The molecule has 0 unspecified atom stereocenters. The van der Waals surface area contributed by atoms with Gasteiger partial charge in [0.15, 0.2) is 5.16 Å². The van der Waals surface area contributed by atoms with Gasteiger partial charge in [-0.25, -0.2) is 4.98 Å². The summed E-state index contributed by atoms with van der Waals surface area (Å²) in [7, 11) is 3.54. The number of ether oxygens (including phenoxy) is 1. The van der Waals surface area contributed by atoms with Crippen molar-refractivity contribution in [2.45, 2.75) is 23.9 Å². The highest BCUT2D eigenvalue weighted by atomic mass is 32.2. The van der Waals surface area contributed by atoms with Crippen LogP contribution in [0, 0.1) is 0 Å². The highest BCUT2D eigenvalue weighted by molar-refractivity contribution is 7.98. The van der Waals surface area contributed by atoms with E-state index in [0.717, 1.165) is 11.2 Å². The fraction of sp³-hybridized carbons (Fsp3) is 0.353. The molecule has 0 spiro atoms. The molecule has 0 aliphatic heterocycles. The molecule has 0 saturated carbocycles. The van der Waals surface area contributed by atoms with Gasteiger partial charge in [0.2, 0.25) is 0 Å². The van der Waals surface area contributed by atoms with E-state index in [-0.39, 0.29) is 11.6 Å². The lowest BCUT2D eigenvalue weighted by molar-refractivity contribution is 0.156. The van der Waals surface area contributed by atoms with Crippen LogP contribution < -0.4 is 5.56 Å². The number of aryl methyl sites for hydroxylation is 1. The second kappa shape index (κ2) is 7.19. The van der Waals surface area contributed by atoms with Gasteiger partial charge in [0.1, 0.15) is 0 Å². The number of hydrogen-bond acceptors (Lipinski definition) is 5. The van der Waals surface area contributed by atoms with Gasteiger partial charge < -0.3 is 4.74 Å². The van der Waals surface area contributed by atoms with Crippen molar-refractivity contribution in [2.75, 3.05) is 13.7 Å². The van der Waals surface area contributed by atoms with Gasteiger partial charge in [-0.2, -0.15) is 5.10 Å². The maximum Gasteiger partial charge on any atom is 0.262 e. The molecule has 0 bridgehead atoms. The molecule has 6 nitrogen and oxygen atoms in total. The van der Waals surface area contributed by atoms with Crippen LogP contribution in [0.15, 0.2) is 46.5 Å². The summed E-state index contributed by atoms with van der Waals surface area (Å²) in [5.41, 5.74) is 1.77. The fourth-order valence-corrected chi connectivity index (χ4v) is 3.74. The van der Waals surface area contributed by atoms with Gasteiger partial charge in [-0.3, -0.25) is 14.0 Å². The normalized spacial score (nSPS) is 12.6. The van der Waals surface area contributed by atoms with Crippen molar-refractivity contribution in [3.8, 4) is 0 Å². The minimum atomic E-state index is -0.0892. The van der Waals surface area contributed by atoms with E-state index in [4.69, 9.17) is 9.72 Å². The van der Waals surface area contributed by atoms with Crippen molar-refractivity contribution in [2.24, 2.45) is 7.05 Å². The average molecular weight is 344 g/mol. The van der Waals surface area contributed by atoms with Crippen molar-refractivity contribution >= 4 is 22.7 Å². The van der Waals surface area contributed by atoms with Gasteiger partial charge in [-0.15, -0.1) is 0 Å². The first-order valence-corrected chi connectivity index (χ1v) is 8.70. The highest BCUT2D eigenvalue weighted by Gasteiger charge is 2.17. The standard InChI is InChI=1S/C17H20N4O2S/c1-12(10-23-3)21-16(22)14-6-4-5-7-15(14)19-17(21)24-11-13-8-9-18-20(13)2/h4-9,12H,10-11H2,1-3H3/t12-/m1/s1. The van der Waals surface area contributed by atoms with Crippen molar-refractivity contribution < 1.29 is 4.74 Å². The van der Waals surface area contributed by atoms with Gasteiger partial charge in [-0.05, 0) is 25.1 Å². The molecule has 0 radical (unpaired) electrons. The Kier molecular flexibility index (Phi) is 5.01. The molecular weight excluding hydrogens is 324 g/mol. The fourth-order valence-electron chi connectivity index (χ4n) is 2.61. The van der Waals surface area contributed by atoms with Gasteiger partial charge in [0.25, 0.3) is 5.56 Å². The largest absolute Gasteiger partial charge is 0.383 e. The Balaban J connectivity index is 2.05. The Labute approximate surface area is 144 Å². The topological polar surface area (TPSA) is 61.9 Å². The number of aromatic nitrogens is 4. The summed E-state index contributed by atoms with van der Waals surface area (Å²) >= 11 is 1.54. The maximum atomic E-state index is 12.9. The molecule has 1 atom stereocenters. The van der Waals surface area contributed by atoms with Gasteiger partial charge in [0, 0.05) is 31.8 Å². The van der Waals surface area contributed by atoms with Crippen LogP contribution in [0.4, 0.5) is 0 Å². The summed E-state index contributed by atoms with van der Waals surface area (Å²) < 4.78 is 8.80. The molecule has 126 valence electrons. The van der Waals surface area contributed by atoms with E-state index in [1.165, 1.54) is 11.8 Å². The number of thioether (sulfide) groups is 1. The van der Waals surface area contributed by atoms with E-state index in [1.54, 1.807) is 17.9 Å². The number of methoxy groups -OCH3 is 1. The smallest absolute Gasteiger partial charge is 0.262 e. The quantitative estimate of drug-likeness (QED) is 0.508. The van der Waals surface area contributed by atoms with E-state index in [9.17, 15) is 4.79 Å². The van der Waals surface area contributed by atoms with Gasteiger partial charge >= 0.3 is 0 Å². The molecule has 0 aliphatic rings. The van der Waals surface area contributed by atoms with Crippen LogP contribution in [0.5, 0.6) is 0 Å². The summed E-state index contributed by atoms with van der Waals surface area (Å²) in [6.45, 7) is 2.43. The molecule has 0 saturated heterocycles. The predicted octanol–water partition coefficient (Wildman–Crippen LogP) is 2.63. The SMILES string of the molecule is COC[C@@H](C)n1c(SCc2ccnn2C)nc2ccccc2c1=O. The number of benzene rings is 1. The van der Waals surface area contributed by atoms with Crippen molar-refractivity contribution in [1.82, 2.24) is 19.3 Å². The zero-order chi connectivity index (χ0) is 17.1. The summed E-state index contributed by atoms with van der Waals surface area (Å²) in [4.78, 5) is 17.6. The minimum absolute atomic E-state index is 0.0299. The lowest BCUT2D eigenvalue weighted by atomic mass is 10.2. The lowest BCUT2D eigenvalue weighted by Gasteiger charge is -2.18. The predicted molar refractivity (Wildman–Crippen MR) is 95.4 cm³/mol. The van der Waals surface area contributed by atoms with E-state index in [0.29, 0.717) is 22.9 Å². The molecular formula is C17H20N4O2S. The first-order valence-electron chi connectivity index (χ1n) is 7.71. The molecule has 3 aromatic rings. The Bertz CT molecular complexity index is 903.